The van der Waals surface area contributed by atoms with E-state index in [-0.39, 0.29) is 23.1 Å². The molecule has 1 aliphatic heterocycles. The van der Waals surface area contributed by atoms with Gasteiger partial charge in [0.25, 0.3) is 11.8 Å². The Kier molecular flexibility index (Phi) is 7.16. The first kappa shape index (κ1) is 24.7. The van der Waals surface area contributed by atoms with Crippen LogP contribution in [0.25, 0.3) is 6.08 Å². The van der Waals surface area contributed by atoms with Gasteiger partial charge in [-0.2, -0.15) is 0 Å². The number of rotatable bonds is 7. The molecule has 36 heavy (non-hydrogen) atoms. The minimum atomic E-state index is -0.591. The van der Waals surface area contributed by atoms with Crippen molar-refractivity contribution in [2.24, 2.45) is 0 Å². The number of nitrogens with zero attached hydrogens (tertiary/aromatic N) is 1. The van der Waals surface area contributed by atoms with Gasteiger partial charge >= 0.3 is 5.97 Å². The highest BCUT2D eigenvalue weighted by Gasteiger charge is 2.34. The zero-order chi connectivity index (χ0) is 25.8. The van der Waals surface area contributed by atoms with E-state index in [2.05, 4.69) is 10.1 Å². The molecule has 1 aliphatic rings. The van der Waals surface area contributed by atoms with E-state index in [9.17, 15) is 14.4 Å². The molecule has 1 N–H and O–H groups in total. The SMILES string of the molecule is COC(=O)c1ccc(COc2ccc(C=C3C(=O)NC(=S)N(c4ccc(C)cc4)C3=O)cc2OC)o1. The summed E-state index contributed by atoms with van der Waals surface area (Å²) in [5.74, 6) is -0.451. The van der Waals surface area contributed by atoms with Crippen molar-refractivity contribution in [2.75, 3.05) is 19.1 Å². The maximum absolute atomic E-state index is 13.2. The summed E-state index contributed by atoms with van der Waals surface area (Å²) in [6.45, 7) is 1.97. The lowest BCUT2D eigenvalue weighted by atomic mass is 10.1. The van der Waals surface area contributed by atoms with Gasteiger partial charge in [0.15, 0.2) is 16.6 Å². The average Bonchev–Trinajstić information content (AvgIpc) is 3.35. The number of ether oxygens (including phenoxy) is 3. The summed E-state index contributed by atoms with van der Waals surface area (Å²) in [6.07, 6.45) is 1.46. The van der Waals surface area contributed by atoms with E-state index in [1.165, 1.54) is 31.3 Å². The first-order valence-electron chi connectivity index (χ1n) is 10.8. The Labute approximate surface area is 212 Å². The first-order valence-corrected chi connectivity index (χ1v) is 11.2. The second kappa shape index (κ2) is 10.4. The number of hydrogen-bond acceptors (Lipinski definition) is 8. The third-order valence-electron chi connectivity index (χ3n) is 5.31. The van der Waals surface area contributed by atoms with E-state index in [0.29, 0.717) is 28.5 Å². The minimum Gasteiger partial charge on any atom is -0.493 e. The smallest absolute Gasteiger partial charge is 0.373 e. The Bertz CT molecular complexity index is 1380. The van der Waals surface area contributed by atoms with Crippen LogP contribution in [-0.2, 0) is 20.9 Å². The highest BCUT2D eigenvalue weighted by molar-refractivity contribution is 7.80. The molecule has 0 radical (unpaired) electrons. The van der Waals surface area contributed by atoms with Crippen molar-refractivity contribution >= 4 is 46.9 Å². The minimum absolute atomic E-state index is 0.0145. The number of benzene rings is 2. The monoisotopic (exact) mass is 506 g/mol. The summed E-state index contributed by atoms with van der Waals surface area (Å²) in [5.41, 5.74) is 2.04. The fourth-order valence-electron chi connectivity index (χ4n) is 3.46. The van der Waals surface area contributed by atoms with Gasteiger partial charge in [-0.15, -0.1) is 0 Å². The standard InChI is InChI=1S/C26H22N2O7S/c1-15-4-7-17(8-5-15)28-24(30)19(23(29)27-26(28)36)12-16-6-10-20(22(13-16)32-2)34-14-18-9-11-21(35-18)25(31)33-3/h4-13H,14H2,1-3H3,(H,27,29,36). The molecule has 0 saturated carbocycles. The van der Waals surface area contributed by atoms with Crippen LogP contribution in [-0.4, -0.2) is 37.1 Å². The number of hydrogen-bond donors (Lipinski definition) is 1. The Morgan fingerprint density at radius 3 is 2.50 bits per heavy atom. The molecule has 1 fully saturated rings. The fraction of sp³-hybridized carbons (Fsp3) is 0.154. The first-order chi connectivity index (χ1) is 17.3. The number of amides is 2. The number of carbonyl (C=O) groups is 3. The molecular weight excluding hydrogens is 484 g/mol. The van der Waals surface area contributed by atoms with Crippen molar-refractivity contribution in [1.29, 1.82) is 0 Å². The second-order valence-corrected chi connectivity index (χ2v) is 8.14. The molecule has 10 heteroatoms. The maximum atomic E-state index is 13.2. The molecule has 4 rings (SSSR count). The van der Waals surface area contributed by atoms with Gasteiger partial charge in [0, 0.05) is 0 Å². The Morgan fingerprint density at radius 2 is 1.81 bits per heavy atom. The summed E-state index contributed by atoms with van der Waals surface area (Å²) in [4.78, 5) is 38.6. The molecule has 1 saturated heterocycles. The number of thiocarbonyl (C=S) groups is 1. The maximum Gasteiger partial charge on any atom is 0.373 e. The van der Waals surface area contributed by atoms with Gasteiger partial charge in [0.2, 0.25) is 5.76 Å². The van der Waals surface area contributed by atoms with E-state index in [4.69, 9.17) is 26.1 Å². The zero-order valence-corrected chi connectivity index (χ0v) is 20.5. The van der Waals surface area contributed by atoms with Crippen LogP contribution in [0.4, 0.5) is 5.69 Å². The number of methoxy groups -OCH3 is 2. The van der Waals surface area contributed by atoms with Crippen molar-refractivity contribution in [1.82, 2.24) is 5.32 Å². The number of esters is 1. The van der Waals surface area contributed by atoms with Crippen molar-refractivity contribution in [3.8, 4) is 11.5 Å². The molecule has 184 valence electrons. The van der Waals surface area contributed by atoms with E-state index in [0.717, 1.165) is 5.56 Å². The van der Waals surface area contributed by atoms with E-state index >= 15 is 0 Å². The highest BCUT2D eigenvalue weighted by atomic mass is 32.1. The van der Waals surface area contributed by atoms with Gasteiger partial charge in [-0.25, -0.2) is 4.79 Å². The lowest BCUT2D eigenvalue weighted by Gasteiger charge is -2.29. The largest absolute Gasteiger partial charge is 0.493 e. The van der Waals surface area contributed by atoms with E-state index < -0.39 is 17.8 Å². The number of aryl methyl sites for hydroxylation is 1. The van der Waals surface area contributed by atoms with Crippen molar-refractivity contribution in [2.45, 2.75) is 13.5 Å². The molecule has 9 nitrogen and oxygen atoms in total. The van der Waals surface area contributed by atoms with Gasteiger partial charge in [-0.3, -0.25) is 19.8 Å². The third-order valence-corrected chi connectivity index (χ3v) is 5.60. The highest BCUT2D eigenvalue weighted by Crippen LogP contribution is 2.31. The molecule has 2 aromatic carbocycles. The molecule has 0 aliphatic carbocycles. The number of nitrogens with one attached hydrogen (secondary N) is 1. The molecular formula is C26H22N2O7S. The second-order valence-electron chi connectivity index (χ2n) is 7.75. The molecule has 0 spiro atoms. The quantitative estimate of drug-likeness (QED) is 0.223. The van der Waals surface area contributed by atoms with Crippen LogP contribution in [0.1, 0.15) is 27.4 Å². The molecule has 1 aromatic heterocycles. The number of carbonyl (C=O) groups excluding carboxylic acids is 3. The number of anilines is 1. The summed E-state index contributed by atoms with van der Waals surface area (Å²) in [7, 11) is 2.74. The fourth-order valence-corrected chi connectivity index (χ4v) is 3.74. The van der Waals surface area contributed by atoms with Gasteiger partial charge < -0.3 is 18.6 Å². The Morgan fingerprint density at radius 1 is 1.06 bits per heavy atom. The summed E-state index contributed by atoms with van der Waals surface area (Å²) >= 11 is 5.24. The predicted molar refractivity (Wildman–Crippen MR) is 135 cm³/mol. The predicted octanol–water partition coefficient (Wildman–Crippen LogP) is 3.79. The Hall–Kier alpha value is -4.44. The normalized spacial score (nSPS) is 14.6. The topological polar surface area (TPSA) is 107 Å². The van der Waals surface area contributed by atoms with Crippen LogP contribution in [0, 0.1) is 6.92 Å². The molecule has 0 unspecified atom stereocenters. The average molecular weight is 507 g/mol. The van der Waals surface area contributed by atoms with E-state index in [1.54, 1.807) is 36.4 Å². The van der Waals surface area contributed by atoms with Crippen molar-refractivity contribution in [3.05, 3.63) is 82.8 Å². The zero-order valence-electron chi connectivity index (χ0n) is 19.7. The summed E-state index contributed by atoms with van der Waals surface area (Å²) in [6, 6.07) is 15.3. The molecule has 0 atom stereocenters. The molecule has 2 heterocycles. The van der Waals surface area contributed by atoms with Crippen LogP contribution in [0.3, 0.4) is 0 Å². The van der Waals surface area contributed by atoms with Crippen molar-refractivity contribution < 1.29 is 33.0 Å². The molecule has 3 aromatic rings. The van der Waals surface area contributed by atoms with Crippen molar-refractivity contribution in [3.63, 3.8) is 0 Å². The van der Waals surface area contributed by atoms with Crippen LogP contribution >= 0.6 is 12.2 Å². The van der Waals surface area contributed by atoms with Crippen LogP contribution in [0.5, 0.6) is 11.5 Å². The third kappa shape index (κ3) is 5.13. The van der Waals surface area contributed by atoms with Crippen LogP contribution in [0.15, 0.2) is 64.6 Å². The number of furan rings is 1. The molecule has 0 bridgehead atoms. The van der Waals surface area contributed by atoms with Gasteiger partial charge in [0.05, 0.1) is 19.9 Å². The van der Waals surface area contributed by atoms with Gasteiger partial charge in [-0.05, 0) is 67.2 Å². The van der Waals surface area contributed by atoms with E-state index in [1.807, 2.05) is 19.1 Å². The van der Waals surface area contributed by atoms with Crippen LogP contribution < -0.4 is 19.7 Å². The van der Waals surface area contributed by atoms with Gasteiger partial charge in [0.1, 0.15) is 17.9 Å². The lowest BCUT2D eigenvalue weighted by Crippen LogP contribution is -2.54. The lowest BCUT2D eigenvalue weighted by molar-refractivity contribution is -0.122. The van der Waals surface area contributed by atoms with Gasteiger partial charge in [-0.1, -0.05) is 23.8 Å². The summed E-state index contributed by atoms with van der Waals surface area (Å²) < 4.78 is 21.2. The summed E-state index contributed by atoms with van der Waals surface area (Å²) in [5, 5.41) is 2.58. The van der Waals surface area contributed by atoms with Crippen LogP contribution in [0.2, 0.25) is 0 Å². The molecule has 2 amide bonds. The Balaban J connectivity index is 1.55.